The topological polar surface area (TPSA) is 98.3 Å². The fraction of sp³-hybridized carbons (Fsp3) is 0.429. The van der Waals surface area contributed by atoms with E-state index in [-0.39, 0.29) is 11.6 Å². The number of nitrogens with zero attached hydrogens (tertiary/aromatic N) is 5. The van der Waals surface area contributed by atoms with E-state index in [4.69, 9.17) is 19.2 Å². The number of nitrogens with one attached hydrogen (secondary N) is 1. The van der Waals surface area contributed by atoms with Crippen LogP contribution in [0.2, 0.25) is 0 Å². The minimum atomic E-state index is -0.0987. The third-order valence-electron chi connectivity index (χ3n) is 8.66. The quantitative estimate of drug-likeness (QED) is 0.398. The van der Waals surface area contributed by atoms with Crippen LogP contribution in [0, 0.1) is 19.8 Å². The van der Waals surface area contributed by atoms with E-state index in [1.807, 2.05) is 32.2 Å². The molecule has 0 spiro atoms. The van der Waals surface area contributed by atoms with E-state index in [0.29, 0.717) is 12.5 Å². The monoisotopic (exact) mass is 498 g/mol. The predicted octanol–water partition coefficient (Wildman–Crippen LogP) is 4.18. The minimum absolute atomic E-state index is 0.0738. The summed E-state index contributed by atoms with van der Waals surface area (Å²) >= 11 is 0. The highest BCUT2D eigenvalue weighted by molar-refractivity contribution is 5.94. The predicted molar refractivity (Wildman–Crippen MR) is 139 cm³/mol. The maximum atomic E-state index is 11.4. The van der Waals surface area contributed by atoms with Crippen LogP contribution < -0.4 is 15.0 Å². The summed E-state index contributed by atoms with van der Waals surface area (Å²) in [6, 6.07) is 10.0. The van der Waals surface area contributed by atoms with Gasteiger partial charge in [0.2, 0.25) is 12.4 Å². The Labute approximate surface area is 214 Å². The van der Waals surface area contributed by atoms with E-state index < -0.39 is 0 Å². The van der Waals surface area contributed by atoms with Crippen molar-refractivity contribution >= 4 is 23.4 Å². The zero-order chi connectivity index (χ0) is 25.1. The average Bonchev–Trinajstić information content (AvgIpc) is 3.61. The van der Waals surface area contributed by atoms with Crippen molar-refractivity contribution in [3.8, 4) is 16.9 Å². The van der Waals surface area contributed by atoms with Gasteiger partial charge in [-0.05, 0) is 63.8 Å². The second kappa shape index (κ2) is 8.33. The Morgan fingerprint density at radius 3 is 2.78 bits per heavy atom. The lowest BCUT2D eigenvalue weighted by molar-refractivity contribution is -0.113. The number of hydrogen-bond acceptors (Lipinski definition) is 7. The second-order valence-electron chi connectivity index (χ2n) is 10.6. The number of pyridine rings is 1. The van der Waals surface area contributed by atoms with Crippen molar-refractivity contribution in [2.75, 3.05) is 24.6 Å². The number of aryl methyl sites for hydroxylation is 2. The van der Waals surface area contributed by atoms with Gasteiger partial charge in [0.05, 0.1) is 22.5 Å². The molecule has 7 rings (SSSR count). The molecule has 1 N–H and O–H groups in total. The molecule has 3 aromatic heterocycles. The number of benzene rings is 1. The molecule has 2 aliphatic heterocycles. The molecule has 9 heteroatoms. The maximum Gasteiger partial charge on any atom is 0.207 e. The van der Waals surface area contributed by atoms with Crippen LogP contribution in [0.4, 0.5) is 5.95 Å². The number of carbonyl (C=O) groups is 1. The van der Waals surface area contributed by atoms with Gasteiger partial charge in [0.25, 0.3) is 0 Å². The number of rotatable bonds is 6. The normalized spacial score (nSPS) is 22.1. The van der Waals surface area contributed by atoms with E-state index >= 15 is 0 Å². The fourth-order valence-electron chi connectivity index (χ4n) is 6.64. The van der Waals surface area contributed by atoms with Crippen molar-refractivity contribution in [2.45, 2.75) is 51.1 Å². The first kappa shape index (κ1) is 22.3. The molecular weight excluding hydrogens is 468 g/mol. The Morgan fingerprint density at radius 2 is 2.08 bits per heavy atom. The molecule has 0 bridgehead atoms. The van der Waals surface area contributed by atoms with Gasteiger partial charge < -0.3 is 19.5 Å². The third-order valence-corrected chi connectivity index (χ3v) is 8.66. The summed E-state index contributed by atoms with van der Waals surface area (Å²) in [6.07, 6.45) is 7.02. The van der Waals surface area contributed by atoms with Crippen LogP contribution in [0.15, 0.2) is 41.1 Å². The zero-order valence-electron chi connectivity index (χ0n) is 21.1. The lowest BCUT2D eigenvalue weighted by Gasteiger charge is -2.46. The highest BCUT2D eigenvalue weighted by Gasteiger charge is 2.47. The molecule has 5 heterocycles. The van der Waals surface area contributed by atoms with Crippen molar-refractivity contribution in [3.63, 3.8) is 0 Å². The van der Waals surface area contributed by atoms with Gasteiger partial charge in [0, 0.05) is 36.3 Å². The molecule has 0 radical (unpaired) electrons. The summed E-state index contributed by atoms with van der Waals surface area (Å²) in [5.74, 6) is 2.93. The molecule has 2 fully saturated rings. The highest BCUT2D eigenvalue weighted by atomic mass is 16.5. The van der Waals surface area contributed by atoms with Gasteiger partial charge in [-0.1, -0.05) is 11.2 Å². The molecule has 9 nitrogen and oxygen atoms in total. The van der Waals surface area contributed by atoms with Crippen molar-refractivity contribution in [1.29, 1.82) is 0 Å². The van der Waals surface area contributed by atoms with Crippen molar-refractivity contribution in [2.24, 2.45) is 5.92 Å². The number of ether oxygens (including phenoxy) is 1. The Bertz CT molecular complexity index is 1470. The molecule has 1 aliphatic carbocycles. The minimum Gasteiger partial charge on any atom is -0.488 e. The first-order valence-electron chi connectivity index (χ1n) is 13.1. The van der Waals surface area contributed by atoms with Gasteiger partial charge in [-0.2, -0.15) is 0 Å². The van der Waals surface area contributed by atoms with E-state index in [1.54, 1.807) is 0 Å². The second-order valence-corrected chi connectivity index (χ2v) is 10.6. The summed E-state index contributed by atoms with van der Waals surface area (Å²) < 4.78 is 14.3. The van der Waals surface area contributed by atoms with Crippen LogP contribution in [-0.2, 0) is 4.79 Å². The maximum absolute atomic E-state index is 11.4. The van der Waals surface area contributed by atoms with Crippen LogP contribution in [0.25, 0.3) is 22.2 Å². The summed E-state index contributed by atoms with van der Waals surface area (Å²) in [5, 5.41) is 7.35. The third kappa shape index (κ3) is 3.29. The van der Waals surface area contributed by atoms with Crippen LogP contribution in [-0.4, -0.2) is 51.3 Å². The fourth-order valence-corrected chi connectivity index (χ4v) is 6.64. The highest BCUT2D eigenvalue weighted by Crippen LogP contribution is 2.48. The number of aromatic nitrogens is 4. The molecule has 4 aromatic rings. The van der Waals surface area contributed by atoms with Gasteiger partial charge in [0.1, 0.15) is 23.9 Å². The van der Waals surface area contributed by atoms with Gasteiger partial charge in [0.15, 0.2) is 5.75 Å². The Hall–Kier alpha value is -3.88. The van der Waals surface area contributed by atoms with Gasteiger partial charge in [-0.3, -0.25) is 14.3 Å². The molecule has 2 atom stereocenters. The van der Waals surface area contributed by atoms with E-state index in [9.17, 15) is 4.79 Å². The molecular formula is C28H30N6O3. The molecule has 190 valence electrons. The lowest BCUT2D eigenvalue weighted by atomic mass is 9.68. The standard InChI is InChI=1S/C28H30N6O3/c1-17-24(18(2)37-32-17)20-7-8-22-25-26(20)36-15-23(21-6-3-4-12-29-21)34(25)27(31-22)33-13-9-19(14-33)28(30-16-35)10-5-11-28/h3-4,6-8,12,16,19,23H,5,9-11,13-15H2,1-2H3,(H,30,35)/t19-,23-/m1/s1. The van der Waals surface area contributed by atoms with Crippen molar-refractivity contribution in [3.05, 3.63) is 53.7 Å². The van der Waals surface area contributed by atoms with Crippen molar-refractivity contribution in [1.82, 2.24) is 25.0 Å². The largest absolute Gasteiger partial charge is 0.488 e. The first-order chi connectivity index (χ1) is 18.1. The SMILES string of the molecule is Cc1noc(C)c1-c1ccc2nc(N3CC[C@@H](C4(NC=O)CCC4)C3)n3c2c1OC[C@@H]3c1ccccn1. The van der Waals surface area contributed by atoms with Crippen molar-refractivity contribution < 1.29 is 14.1 Å². The Kier molecular flexibility index (Phi) is 5.02. The molecule has 1 aromatic carbocycles. The molecule has 1 saturated carbocycles. The van der Waals surface area contributed by atoms with Gasteiger partial charge >= 0.3 is 0 Å². The van der Waals surface area contributed by atoms with Crippen LogP contribution in [0.3, 0.4) is 0 Å². The number of hydrogen-bond donors (Lipinski definition) is 1. The van der Waals surface area contributed by atoms with E-state index in [1.165, 1.54) is 6.42 Å². The number of anilines is 1. The van der Waals surface area contributed by atoms with Crippen LogP contribution in [0.5, 0.6) is 5.75 Å². The van der Waals surface area contributed by atoms with E-state index in [0.717, 1.165) is 89.8 Å². The Morgan fingerprint density at radius 1 is 1.19 bits per heavy atom. The molecule has 37 heavy (non-hydrogen) atoms. The summed E-state index contributed by atoms with van der Waals surface area (Å²) in [7, 11) is 0. The summed E-state index contributed by atoms with van der Waals surface area (Å²) in [5.41, 5.74) is 5.52. The van der Waals surface area contributed by atoms with Gasteiger partial charge in [-0.25, -0.2) is 4.98 Å². The molecule has 0 unspecified atom stereocenters. The van der Waals surface area contributed by atoms with E-state index in [2.05, 4.69) is 38.1 Å². The summed E-state index contributed by atoms with van der Waals surface area (Å²) in [6.45, 7) is 6.11. The first-order valence-corrected chi connectivity index (χ1v) is 13.1. The molecule has 1 saturated heterocycles. The van der Waals surface area contributed by atoms with Crippen LogP contribution >= 0.6 is 0 Å². The Balaban J connectivity index is 1.38. The summed E-state index contributed by atoms with van der Waals surface area (Å²) in [4.78, 5) is 23.6. The van der Waals surface area contributed by atoms with Crippen LogP contribution in [0.1, 0.15) is 48.9 Å². The molecule has 1 amide bonds. The lowest BCUT2D eigenvalue weighted by Crippen LogP contribution is -2.56. The number of carbonyl (C=O) groups excluding carboxylic acids is 1. The number of amides is 1. The average molecular weight is 499 g/mol. The van der Waals surface area contributed by atoms with Gasteiger partial charge in [-0.15, -0.1) is 0 Å². The smallest absolute Gasteiger partial charge is 0.207 e. The number of imidazole rings is 1. The molecule has 3 aliphatic rings. The zero-order valence-corrected chi connectivity index (χ0v) is 21.1.